The summed E-state index contributed by atoms with van der Waals surface area (Å²) in [5, 5.41) is 13.3. The van der Waals surface area contributed by atoms with Crippen LogP contribution in [0.2, 0.25) is 0 Å². The smallest absolute Gasteiger partial charge is 0.123 e. The molecule has 0 bridgehead atoms. The largest absolute Gasteiger partial charge is 0.387 e. The van der Waals surface area contributed by atoms with E-state index in [0.29, 0.717) is 18.2 Å². The van der Waals surface area contributed by atoms with Crippen LogP contribution in [0.5, 0.6) is 0 Å². The van der Waals surface area contributed by atoms with Crippen LogP contribution in [-0.4, -0.2) is 42.2 Å². The molecule has 1 aliphatic heterocycles. The molecule has 1 fully saturated rings. The molecule has 112 valence electrons. The third-order valence-electron chi connectivity index (χ3n) is 4.02. The van der Waals surface area contributed by atoms with Crippen molar-refractivity contribution in [3.63, 3.8) is 0 Å². The van der Waals surface area contributed by atoms with Gasteiger partial charge in [0.05, 0.1) is 6.10 Å². The molecule has 0 saturated carbocycles. The van der Waals surface area contributed by atoms with E-state index in [9.17, 15) is 9.50 Å². The number of rotatable bonds is 6. The number of likely N-dealkylation sites (tertiary alicyclic amines) is 1. The zero-order chi connectivity index (χ0) is 14.4. The van der Waals surface area contributed by atoms with E-state index in [-0.39, 0.29) is 5.82 Å². The number of piperidine rings is 1. The molecule has 1 aromatic rings. The number of benzene rings is 1. The molecular weight excluding hydrogens is 255 g/mol. The van der Waals surface area contributed by atoms with Crippen LogP contribution in [-0.2, 0) is 0 Å². The van der Waals surface area contributed by atoms with E-state index in [1.165, 1.54) is 44.5 Å². The van der Waals surface area contributed by atoms with E-state index in [1.807, 2.05) is 0 Å². The number of halogens is 1. The maximum atomic E-state index is 13.1. The molecule has 1 aliphatic rings. The molecule has 0 aliphatic carbocycles. The fourth-order valence-electron chi connectivity index (χ4n) is 2.75. The summed E-state index contributed by atoms with van der Waals surface area (Å²) in [6.07, 6.45) is 3.26. The molecule has 2 unspecified atom stereocenters. The normalized spacial score (nSPS) is 19.8. The minimum Gasteiger partial charge on any atom is -0.387 e. The van der Waals surface area contributed by atoms with Crippen molar-refractivity contribution in [3.05, 3.63) is 35.6 Å². The highest BCUT2D eigenvalue weighted by Crippen LogP contribution is 2.14. The second kappa shape index (κ2) is 7.72. The Kier molecular flexibility index (Phi) is 5.95. The second-order valence-corrected chi connectivity index (χ2v) is 5.67. The van der Waals surface area contributed by atoms with Crippen LogP contribution in [0.25, 0.3) is 0 Å². The number of aliphatic hydroxyl groups is 1. The summed E-state index contributed by atoms with van der Waals surface area (Å²) < 4.78 is 13.1. The average Bonchev–Trinajstić information content (AvgIpc) is 2.48. The lowest BCUT2D eigenvalue weighted by atomic mass is 10.1. The van der Waals surface area contributed by atoms with Crippen LogP contribution in [0.3, 0.4) is 0 Å². The summed E-state index contributed by atoms with van der Waals surface area (Å²) in [6.45, 7) is 5.88. The highest BCUT2D eigenvalue weighted by atomic mass is 19.1. The van der Waals surface area contributed by atoms with Crippen molar-refractivity contribution in [2.75, 3.05) is 26.2 Å². The van der Waals surface area contributed by atoms with Gasteiger partial charge in [-0.25, -0.2) is 4.39 Å². The van der Waals surface area contributed by atoms with Crippen LogP contribution in [0.15, 0.2) is 24.3 Å². The quantitative estimate of drug-likeness (QED) is 0.839. The van der Waals surface area contributed by atoms with Gasteiger partial charge in [-0.3, -0.25) is 4.90 Å². The molecule has 0 radical (unpaired) electrons. The Morgan fingerprint density at radius 2 is 2.00 bits per heavy atom. The van der Waals surface area contributed by atoms with E-state index in [2.05, 4.69) is 17.1 Å². The summed E-state index contributed by atoms with van der Waals surface area (Å²) in [5.41, 5.74) is 0.628. The molecule has 0 spiro atoms. The Hall–Kier alpha value is -0.970. The predicted octanol–water partition coefficient (Wildman–Crippen LogP) is 2.32. The second-order valence-electron chi connectivity index (χ2n) is 5.67. The molecular formula is C16H25FN2O. The van der Waals surface area contributed by atoms with Gasteiger partial charge >= 0.3 is 0 Å². The lowest BCUT2D eigenvalue weighted by molar-refractivity contribution is 0.151. The number of hydrogen-bond donors (Lipinski definition) is 2. The number of nitrogens with zero attached hydrogens (tertiary/aromatic N) is 1. The van der Waals surface area contributed by atoms with Gasteiger partial charge in [0.1, 0.15) is 5.82 Å². The summed E-state index contributed by atoms with van der Waals surface area (Å²) >= 11 is 0. The first kappa shape index (κ1) is 15.4. The lowest BCUT2D eigenvalue weighted by Crippen LogP contribution is -2.43. The van der Waals surface area contributed by atoms with Crippen LogP contribution in [0.4, 0.5) is 4.39 Å². The van der Waals surface area contributed by atoms with E-state index < -0.39 is 6.10 Å². The maximum Gasteiger partial charge on any atom is 0.123 e. The molecule has 0 aromatic heterocycles. The standard InChI is InChI=1S/C16H25FN2O/c1-13(19-8-3-2-4-9-19)11-18-12-16(20)14-6-5-7-15(17)10-14/h5-7,10,13,16,18,20H,2-4,8-9,11-12H2,1H3. The molecule has 1 aromatic carbocycles. The topological polar surface area (TPSA) is 35.5 Å². The van der Waals surface area contributed by atoms with Crippen molar-refractivity contribution in [2.45, 2.75) is 38.3 Å². The van der Waals surface area contributed by atoms with Crippen molar-refractivity contribution >= 4 is 0 Å². The van der Waals surface area contributed by atoms with Crippen molar-refractivity contribution in [1.29, 1.82) is 0 Å². The highest BCUT2D eigenvalue weighted by Gasteiger charge is 2.16. The molecule has 1 saturated heterocycles. The summed E-state index contributed by atoms with van der Waals surface area (Å²) in [6, 6.07) is 6.64. The third kappa shape index (κ3) is 4.54. The van der Waals surface area contributed by atoms with E-state index >= 15 is 0 Å². The van der Waals surface area contributed by atoms with Crippen molar-refractivity contribution in [1.82, 2.24) is 10.2 Å². The molecule has 3 nitrogen and oxygen atoms in total. The van der Waals surface area contributed by atoms with Gasteiger partial charge in [-0.1, -0.05) is 18.6 Å². The van der Waals surface area contributed by atoms with Gasteiger partial charge in [0, 0.05) is 19.1 Å². The van der Waals surface area contributed by atoms with Crippen LogP contribution in [0.1, 0.15) is 37.9 Å². The number of nitrogens with one attached hydrogen (secondary N) is 1. The highest BCUT2D eigenvalue weighted by molar-refractivity contribution is 5.18. The molecule has 2 N–H and O–H groups in total. The van der Waals surface area contributed by atoms with E-state index in [0.717, 1.165) is 6.54 Å². The number of hydrogen-bond acceptors (Lipinski definition) is 3. The first-order chi connectivity index (χ1) is 9.66. The third-order valence-corrected chi connectivity index (χ3v) is 4.02. The Morgan fingerprint density at radius 1 is 1.25 bits per heavy atom. The Morgan fingerprint density at radius 3 is 2.70 bits per heavy atom. The minimum absolute atomic E-state index is 0.303. The van der Waals surface area contributed by atoms with Crippen LogP contribution >= 0.6 is 0 Å². The molecule has 0 amide bonds. The molecule has 1 heterocycles. The lowest BCUT2D eigenvalue weighted by Gasteiger charge is -2.32. The maximum absolute atomic E-state index is 13.1. The predicted molar refractivity (Wildman–Crippen MR) is 79.1 cm³/mol. The molecule has 2 atom stereocenters. The van der Waals surface area contributed by atoms with Gasteiger partial charge in [-0.05, 0) is 50.6 Å². The summed E-state index contributed by atoms with van der Waals surface area (Å²) in [7, 11) is 0. The fourth-order valence-corrected chi connectivity index (χ4v) is 2.75. The first-order valence-electron chi connectivity index (χ1n) is 7.55. The van der Waals surface area contributed by atoms with Crippen molar-refractivity contribution < 1.29 is 9.50 Å². The fraction of sp³-hybridized carbons (Fsp3) is 0.625. The monoisotopic (exact) mass is 280 g/mol. The van der Waals surface area contributed by atoms with Gasteiger partial charge in [0.25, 0.3) is 0 Å². The van der Waals surface area contributed by atoms with Gasteiger partial charge in [0.15, 0.2) is 0 Å². The van der Waals surface area contributed by atoms with E-state index in [4.69, 9.17) is 0 Å². The van der Waals surface area contributed by atoms with Gasteiger partial charge in [-0.2, -0.15) is 0 Å². The SMILES string of the molecule is CC(CNCC(O)c1cccc(F)c1)N1CCCCC1. The van der Waals surface area contributed by atoms with E-state index in [1.54, 1.807) is 12.1 Å². The van der Waals surface area contributed by atoms with Crippen LogP contribution in [0, 0.1) is 5.82 Å². The van der Waals surface area contributed by atoms with Gasteiger partial charge in [0.2, 0.25) is 0 Å². The van der Waals surface area contributed by atoms with Gasteiger partial charge < -0.3 is 10.4 Å². The number of aliphatic hydroxyl groups excluding tert-OH is 1. The van der Waals surface area contributed by atoms with Gasteiger partial charge in [-0.15, -0.1) is 0 Å². The zero-order valence-corrected chi connectivity index (χ0v) is 12.2. The molecule has 2 rings (SSSR count). The first-order valence-corrected chi connectivity index (χ1v) is 7.55. The van der Waals surface area contributed by atoms with Crippen LogP contribution < -0.4 is 5.32 Å². The zero-order valence-electron chi connectivity index (χ0n) is 12.2. The molecule has 20 heavy (non-hydrogen) atoms. The average molecular weight is 280 g/mol. The van der Waals surface area contributed by atoms with Crippen molar-refractivity contribution in [2.24, 2.45) is 0 Å². The Balaban J connectivity index is 1.72. The van der Waals surface area contributed by atoms with Crippen molar-refractivity contribution in [3.8, 4) is 0 Å². The minimum atomic E-state index is -0.653. The molecule has 4 heteroatoms. The summed E-state index contributed by atoms with van der Waals surface area (Å²) in [4.78, 5) is 2.49. The Labute approximate surface area is 120 Å². The summed E-state index contributed by atoms with van der Waals surface area (Å²) in [5.74, 6) is -0.303. The Bertz CT molecular complexity index is 407.